The van der Waals surface area contributed by atoms with Crippen molar-refractivity contribution in [2.75, 3.05) is 7.05 Å². The van der Waals surface area contributed by atoms with Gasteiger partial charge in [0.15, 0.2) is 0 Å². The molecule has 2 aliphatic carbocycles. The summed E-state index contributed by atoms with van der Waals surface area (Å²) in [6, 6.07) is 0.626. The fraction of sp³-hybridized carbons (Fsp3) is 0.714. The van der Waals surface area contributed by atoms with Gasteiger partial charge in [-0.25, -0.2) is 9.78 Å². The number of aryl methyl sites for hydroxylation is 1. The SMILES string of the molecule is Cc1cnc([C@H](NC(=O)N(C)C2CCC2)C2CC2)s1. The van der Waals surface area contributed by atoms with Gasteiger partial charge in [0.1, 0.15) is 5.01 Å². The minimum atomic E-state index is 0.0643. The number of hydrogen-bond donors (Lipinski definition) is 1. The third-order valence-electron chi connectivity index (χ3n) is 4.22. The average molecular weight is 279 g/mol. The Morgan fingerprint density at radius 3 is 2.68 bits per heavy atom. The van der Waals surface area contributed by atoms with Crippen molar-refractivity contribution in [3.8, 4) is 0 Å². The van der Waals surface area contributed by atoms with Gasteiger partial charge in [-0.15, -0.1) is 11.3 Å². The summed E-state index contributed by atoms with van der Waals surface area (Å²) < 4.78 is 0. The Morgan fingerprint density at radius 1 is 1.47 bits per heavy atom. The summed E-state index contributed by atoms with van der Waals surface area (Å²) in [4.78, 5) is 19.8. The highest BCUT2D eigenvalue weighted by Crippen LogP contribution is 2.42. The van der Waals surface area contributed by atoms with Gasteiger partial charge >= 0.3 is 6.03 Å². The Balaban J connectivity index is 1.66. The maximum atomic E-state index is 12.3. The van der Waals surface area contributed by atoms with Gasteiger partial charge in [0, 0.05) is 24.2 Å². The van der Waals surface area contributed by atoms with E-state index in [1.54, 1.807) is 11.3 Å². The molecule has 3 rings (SSSR count). The molecular formula is C14H21N3OS. The topological polar surface area (TPSA) is 45.2 Å². The normalized spacial score (nSPS) is 20.7. The van der Waals surface area contributed by atoms with Crippen molar-refractivity contribution in [3.63, 3.8) is 0 Å². The fourth-order valence-electron chi connectivity index (χ4n) is 2.50. The van der Waals surface area contributed by atoms with E-state index in [0.29, 0.717) is 12.0 Å². The minimum absolute atomic E-state index is 0.0643. The standard InChI is InChI=1S/C14H21N3OS/c1-9-8-15-13(19-9)12(10-6-7-10)16-14(18)17(2)11-4-3-5-11/h8,10-12H,3-7H2,1-2H3,(H,16,18)/t12-/m1/s1. The largest absolute Gasteiger partial charge is 0.328 e. The second kappa shape index (κ2) is 5.12. The number of amides is 2. The summed E-state index contributed by atoms with van der Waals surface area (Å²) in [5.41, 5.74) is 0. The van der Waals surface area contributed by atoms with Gasteiger partial charge in [-0.1, -0.05) is 0 Å². The van der Waals surface area contributed by atoms with E-state index in [4.69, 9.17) is 0 Å². The van der Waals surface area contributed by atoms with Crippen LogP contribution in [0.3, 0.4) is 0 Å². The second-order valence-electron chi connectivity index (χ2n) is 5.77. The highest BCUT2D eigenvalue weighted by Gasteiger charge is 2.36. The van der Waals surface area contributed by atoms with E-state index in [2.05, 4.69) is 17.2 Å². The first-order chi connectivity index (χ1) is 9.15. The zero-order chi connectivity index (χ0) is 13.4. The number of aromatic nitrogens is 1. The average Bonchev–Trinajstić information content (AvgIpc) is 3.06. The van der Waals surface area contributed by atoms with Crippen molar-refractivity contribution in [1.29, 1.82) is 0 Å². The summed E-state index contributed by atoms with van der Waals surface area (Å²) in [6.07, 6.45) is 7.85. The molecule has 0 radical (unpaired) electrons. The van der Waals surface area contributed by atoms with Crippen LogP contribution in [0, 0.1) is 12.8 Å². The van der Waals surface area contributed by atoms with E-state index < -0.39 is 0 Å². The number of nitrogens with zero attached hydrogens (tertiary/aromatic N) is 2. The van der Waals surface area contributed by atoms with Crippen molar-refractivity contribution in [3.05, 3.63) is 16.1 Å². The summed E-state index contributed by atoms with van der Waals surface area (Å²) >= 11 is 1.70. The molecule has 1 atom stereocenters. The molecule has 104 valence electrons. The summed E-state index contributed by atoms with van der Waals surface area (Å²) in [5, 5.41) is 4.26. The molecule has 5 heteroatoms. The molecule has 1 aromatic heterocycles. The number of hydrogen-bond acceptors (Lipinski definition) is 3. The zero-order valence-electron chi connectivity index (χ0n) is 11.6. The molecule has 2 amide bonds. The van der Waals surface area contributed by atoms with E-state index in [0.717, 1.165) is 17.8 Å². The molecule has 0 unspecified atom stereocenters. The van der Waals surface area contributed by atoms with Crippen molar-refractivity contribution in [1.82, 2.24) is 15.2 Å². The van der Waals surface area contributed by atoms with Crippen LogP contribution < -0.4 is 5.32 Å². The Labute approximate surface area is 118 Å². The molecule has 0 bridgehead atoms. The molecule has 1 heterocycles. The van der Waals surface area contributed by atoms with Gasteiger partial charge in [0.05, 0.1) is 6.04 Å². The lowest BCUT2D eigenvalue weighted by molar-refractivity contribution is 0.153. The van der Waals surface area contributed by atoms with E-state index in [9.17, 15) is 4.79 Å². The second-order valence-corrected chi connectivity index (χ2v) is 7.04. The molecule has 0 aliphatic heterocycles. The zero-order valence-corrected chi connectivity index (χ0v) is 12.4. The van der Waals surface area contributed by atoms with Crippen molar-refractivity contribution >= 4 is 17.4 Å². The van der Waals surface area contributed by atoms with Crippen LogP contribution in [0.2, 0.25) is 0 Å². The number of rotatable bonds is 4. The molecule has 0 aromatic carbocycles. The number of nitrogens with one attached hydrogen (secondary N) is 1. The van der Waals surface area contributed by atoms with Gasteiger partial charge in [0.2, 0.25) is 0 Å². The predicted octanol–water partition coefficient (Wildman–Crippen LogP) is 3.10. The van der Waals surface area contributed by atoms with Gasteiger partial charge in [-0.2, -0.15) is 0 Å². The maximum absolute atomic E-state index is 12.3. The predicted molar refractivity (Wildman–Crippen MR) is 76.2 cm³/mol. The molecule has 4 nitrogen and oxygen atoms in total. The Hall–Kier alpha value is -1.10. The van der Waals surface area contributed by atoms with Gasteiger partial charge < -0.3 is 10.2 Å². The quantitative estimate of drug-likeness (QED) is 0.920. The molecule has 2 aliphatic rings. The van der Waals surface area contributed by atoms with Gasteiger partial charge in [-0.3, -0.25) is 0 Å². The number of thiazole rings is 1. The first-order valence-corrected chi connectivity index (χ1v) is 7.92. The molecular weight excluding hydrogens is 258 g/mol. The molecule has 1 N–H and O–H groups in total. The van der Waals surface area contributed by atoms with E-state index in [1.807, 2.05) is 18.1 Å². The third kappa shape index (κ3) is 2.76. The van der Waals surface area contributed by atoms with Crippen LogP contribution in [-0.2, 0) is 0 Å². The van der Waals surface area contributed by atoms with Crippen LogP contribution >= 0.6 is 11.3 Å². The molecule has 2 fully saturated rings. The van der Waals surface area contributed by atoms with Crippen molar-refractivity contribution < 1.29 is 4.79 Å². The number of urea groups is 1. The van der Waals surface area contributed by atoms with E-state index >= 15 is 0 Å². The fourth-order valence-corrected chi connectivity index (χ4v) is 3.42. The highest BCUT2D eigenvalue weighted by atomic mass is 32.1. The number of carbonyl (C=O) groups is 1. The van der Waals surface area contributed by atoms with Crippen LogP contribution in [0.1, 0.15) is 48.0 Å². The minimum Gasteiger partial charge on any atom is -0.328 e. The smallest absolute Gasteiger partial charge is 0.317 e. The number of carbonyl (C=O) groups excluding carboxylic acids is 1. The molecule has 1 aromatic rings. The summed E-state index contributed by atoms with van der Waals surface area (Å²) in [7, 11) is 1.91. The highest BCUT2D eigenvalue weighted by molar-refractivity contribution is 7.11. The lowest BCUT2D eigenvalue weighted by atomic mass is 9.92. The molecule has 0 spiro atoms. The van der Waals surface area contributed by atoms with Crippen molar-refractivity contribution in [2.45, 2.75) is 51.1 Å². The maximum Gasteiger partial charge on any atom is 0.317 e. The molecule has 0 saturated heterocycles. The van der Waals surface area contributed by atoms with Crippen LogP contribution in [0.5, 0.6) is 0 Å². The lowest BCUT2D eigenvalue weighted by Crippen LogP contribution is -2.47. The van der Waals surface area contributed by atoms with Crippen LogP contribution in [0.4, 0.5) is 4.79 Å². The third-order valence-corrected chi connectivity index (χ3v) is 5.22. The summed E-state index contributed by atoms with van der Waals surface area (Å²) in [6.45, 7) is 2.06. The van der Waals surface area contributed by atoms with Gasteiger partial charge in [0.25, 0.3) is 0 Å². The van der Waals surface area contributed by atoms with Crippen molar-refractivity contribution in [2.24, 2.45) is 5.92 Å². The molecule has 2 saturated carbocycles. The van der Waals surface area contributed by atoms with Crippen LogP contribution in [-0.4, -0.2) is 29.0 Å². The monoisotopic (exact) mass is 279 g/mol. The van der Waals surface area contributed by atoms with E-state index in [-0.39, 0.29) is 12.1 Å². The Kier molecular flexibility index (Phi) is 3.48. The molecule has 19 heavy (non-hydrogen) atoms. The summed E-state index contributed by atoms with van der Waals surface area (Å²) in [5.74, 6) is 0.587. The first kappa shape index (κ1) is 12.9. The van der Waals surface area contributed by atoms with Gasteiger partial charge in [-0.05, 0) is 44.9 Å². The first-order valence-electron chi connectivity index (χ1n) is 7.11. The Bertz CT molecular complexity index is 465. The lowest BCUT2D eigenvalue weighted by Gasteiger charge is -2.35. The van der Waals surface area contributed by atoms with E-state index in [1.165, 1.54) is 24.1 Å². The van der Waals surface area contributed by atoms with Crippen LogP contribution in [0.25, 0.3) is 0 Å². The Morgan fingerprint density at radius 2 is 2.21 bits per heavy atom. The van der Waals surface area contributed by atoms with Crippen LogP contribution in [0.15, 0.2) is 6.20 Å².